The highest BCUT2D eigenvalue weighted by molar-refractivity contribution is 7.97. The van der Waals surface area contributed by atoms with Crippen LogP contribution < -0.4 is 0 Å². The Hall–Kier alpha value is -1.99. The summed E-state index contributed by atoms with van der Waals surface area (Å²) in [6, 6.07) is 26.7. The van der Waals surface area contributed by atoms with Gasteiger partial charge in [0, 0.05) is 11.5 Å². The summed E-state index contributed by atoms with van der Waals surface area (Å²) in [6.07, 6.45) is 2.07. The van der Waals surface area contributed by atoms with Crippen molar-refractivity contribution in [2.75, 3.05) is 0 Å². The second-order valence-electron chi connectivity index (χ2n) is 6.15. The van der Waals surface area contributed by atoms with Crippen LogP contribution in [-0.2, 0) is 24.3 Å². The average molecular weight is 316 g/mol. The number of hydrogen-bond donors (Lipinski definition) is 0. The van der Waals surface area contributed by atoms with Crippen LogP contribution in [0.2, 0.25) is 0 Å². The zero-order valence-corrected chi connectivity index (χ0v) is 14.0. The second kappa shape index (κ2) is 6.64. The van der Waals surface area contributed by atoms with Gasteiger partial charge in [-0.2, -0.15) is 11.8 Å². The summed E-state index contributed by atoms with van der Waals surface area (Å²) < 4.78 is 0. The van der Waals surface area contributed by atoms with E-state index in [9.17, 15) is 0 Å². The minimum atomic E-state index is 1.04. The maximum Gasteiger partial charge on any atom is 0.0190 e. The van der Waals surface area contributed by atoms with Gasteiger partial charge in [-0.25, -0.2) is 0 Å². The molecule has 23 heavy (non-hydrogen) atoms. The van der Waals surface area contributed by atoms with Crippen molar-refractivity contribution >= 4 is 11.8 Å². The Balaban J connectivity index is 1.82. The molecule has 114 valence electrons. The van der Waals surface area contributed by atoms with Gasteiger partial charge in [-0.05, 0) is 46.2 Å². The molecule has 0 nitrogen and oxygen atoms in total. The predicted octanol–water partition coefficient (Wildman–Crippen LogP) is 5.62. The van der Waals surface area contributed by atoms with Crippen LogP contribution >= 0.6 is 11.8 Å². The molecule has 0 aliphatic carbocycles. The summed E-state index contributed by atoms with van der Waals surface area (Å²) in [5, 5.41) is 0. The van der Waals surface area contributed by atoms with E-state index in [1.165, 1.54) is 33.4 Å². The summed E-state index contributed by atoms with van der Waals surface area (Å²) in [4.78, 5) is 0. The SMILES string of the molecule is c1ccc2c(c1)CSCc1ccccc1Cc1ccccc1C2. The molecule has 0 saturated heterocycles. The molecule has 0 atom stereocenters. The third-order valence-electron chi connectivity index (χ3n) is 4.63. The van der Waals surface area contributed by atoms with Crippen LogP contribution in [0, 0.1) is 0 Å². The molecule has 4 rings (SSSR count). The minimum absolute atomic E-state index is 1.04. The average Bonchev–Trinajstić information content (AvgIpc) is 2.62. The summed E-state index contributed by atoms with van der Waals surface area (Å²) in [5.41, 5.74) is 8.82. The van der Waals surface area contributed by atoms with Crippen LogP contribution in [0.3, 0.4) is 0 Å². The third-order valence-corrected chi connectivity index (χ3v) is 5.66. The van der Waals surface area contributed by atoms with Crippen LogP contribution in [0.5, 0.6) is 0 Å². The lowest BCUT2D eigenvalue weighted by Gasteiger charge is -2.12. The molecule has 0 aromatic heterocycles. The number of fused-ring (bicyclic) bond motifs is 3. The number of thioether (sulfide) groups is 1. The molecule has 0 bridgehead atoms. The maximum absolute atomic E-state index is 2.29. The predicted molar refractivity (Wildman–Crippen MR) is 99.9 cm³/mol. The fraction of sp³-hybridized carbons (Fsp3) is 0.182. The van der Waals surface area contributed by atoms with Crippen LogP contribution in [0.25, 0.3) is 0 Å². The van der Waals surface area contributed by atoms with Gasteiger partial charge in [0.15, 0.2) is 0 Å². The highest BCUT2D eigenvalue weighted by atomic mass is 32.2. The van der Waals surface area contributed by atoms with Crippen molar-refractivity contribution in [3.63, 3.8) is 0 Å². The standard InChI is InChI=1S/C22H20S/c1-2-8-18-14-20-10-4-6-12-22(20)16-23-15-21-11-5-3-9-19(21)13-17(18)7-1/h1-12H,13-16H2. The van der Waals surface area contributed by atoms with Gasteiger partial charge in [0.25, 0.3) is 0 Å². The molecule has 0 spiro atoms. The number of rotatable bonds is 0. The van der Waals surface area contributed by atoms with Gasteiger partial charge in [-0.1, -0.05) is 72.8 Å². The first-order valence-electron chi connectivity index (χ1n) is 8.18. The Kier molecular flexibility index (Phi) is 4.21. The van der Waals surface area contributed by atoms with E-state index >= 15 is 0 Å². The lowest BCUT2D eigenvalue weighted by molar-refractivity contribution is 1.07. The first-order chi connectivity index (χ1) is 11.4. The van der Waals surface area contributed by atoms with E-state index in [4.69, 9.17) is 0 Å². The molecule has 0 saturated carbocycles. The molecule has 0 radical (unpaired) electrons. The molecule has 1 heteroatoms. The van der Waals surface area contributed by atoms with Gasteiger partial charge < -0.3 is 0 Å². The Labute approximate surface area is 142 Å². The molecule has 0 amide bonds. The lowest BCUT2D eigenvalue weighted by atomic mass is 9.92. The number of benzene rings is 3. The van der Waals surface area contributed by atoms with Crippen molar-refractivity contribution in [1.82, 2.24) is 0 Å². The van der Waals surface area contributed by atoms with Crippen molar-refractivity contribution in [1.29, 1.82) is 0 Å². The van der Waals surface area contributed by atoms with Crippen LogP contribution in [0.15, 0.2) is 72.8 Å². The van der Waals surface area contributed by atoms with Crippen molar-refractivity contribution in [3.8, 4) is 0 Å². The minimum Gasteiger partial charge on any atom is -0.152 e. The van der Waals surface area contributed by atoms with Crippen molar-refractivity contribution < 1.29 is 0 Å². The quantitative estimate of drug-likeness (QED) is 0.519. The van der Waals surface area contributed by atoms with E-state index in [-0.39, 0.29) is 0 Å². The van der Waals surface area contributed by atoms with Crippen molar-refractivity contribution in [2.45, 2.75) is 24.3 Å². The van der Waals surface area contributed by atoms with E-state index in [0.29, 0.717) is 0 Å². The molecule has 0 fully saturated rings. The Morgan fingerprint density at radius 3 is 1.13 bits per heavy atom. The Morgan fingerprint density at radius 1 is 0.435 bits per heavy atom. The first-order valence-corrected chi connectivity index (χ1v) is 9.34. The Bertz CT molecular complexity index is 751. The van der Waals surface area contributed by atoms with Crippen LogP contribution in [-0.4, -0.2) is 0 Å². The normalized spacial score (nSPS) is 14.1. The fourth-order valence-electron chi connectivity index (χ4n) is 3.33. The highest BCUT2D eigenvalue weighted by Gasteiger charge is 2.11. The van der Waals surface area contributed by atoms with Gasteiger partial charge in [0.05, 0.1) is 0 Å². The summed E-state index contributed by atoms with van der Waals surface area (Å²) in [7, 11) is 0. The molecule has 3 aromatic carbocycles. The molecule has 1 heterocycles. The van der Waals surface area contributed by atoms with E-state index in [0.717, 1.165) is 24.3 Å². The topological polar surface area (TPSA) is 0 Å². The van der Waals surface area contributed by atoms with E-state index in [2.05, 4.69) is 72.8 Å². The Morgan fingerprint density at radius 2 is 0.739 bits per heavy atom. The molecule has 1 aliphatic rings. The summed E-state index contributed by atoms with van der Waals surface area (Å²) in [6.45, 7) is 0. The third kappa shape index (κ3) is 3.20. The first kappa shape index (κ1) is 14.6. The van der Waals surface area contributed by atoms with Crippen LogP contribution in [0.1, 0.15) is 33.4 Å². The largest absolute Gasteiger partial charge is 0.152 e. The molecular weight excluding hydrogens is 296 g/mol. The smallest absolute Gasteiger partial charge is 0.0190 e. The molecule has 3 aromatic rings. The van der Waals surface area contributed by atoms with Crippen LogP contribution in [0.4, 0.5) is 0 Å². The van der Waals surface area contributed by atoms with Gasteiger partial charge in [-0.3, -0.25) is 0 Å². The van der Waals surface area contributed by atoms with E-state index in [1.54, 1.807) is 0 Å². The highest BCUT2D eigenvalue weighted by Crippen LogP contribution is 2.28. The molecular formula is C22H20S. The zero-order valence-electron chi connectivity index (χ0n) is 13.2. The number of hydrogen-bond acceptors (Lipinski definition) is 1. The monoisotopic (exact) mass is 316 g/mol. The van der Waals surface area contributed by atoms with E-state index in [1.807, 2.05) is 11.8 Å². The summed E-state index contributed by atoms with van der Waals surface area (Å²) in [5.74, 6) is 2.18. The maximum atomic E-state index is 2.29. The zero-order chi connectivity index (χ0) is 15.5. The second-order valence-corrected chi connectivity index (χ2v) is 7.14. The lowest BCUT2D eigenvalue weighted by Crippen LogP contribution is -1.99. The van der Waals surface area contributed by atoms with Gasteiger partial charge in [0.2, 0.25) is 0 Å². The van der Waals surface area contributed by atoms with Gasteiger partial charge >= 0.3 is 0 Å². The molecule has 0 N–H and O–H groups in total. The molecule has 1 aliphatic heterocycles. The van der Waals surface area contributed by atoms with Gasteiger partial charge in [0.1, 0.15) is 0 Å². The summed E-state index contributed by atoms with van der Waals surface area (Å²) >= 11 is 2.03. The molecule has 0 unspecified atom stereocenters. The van der Waals surface area contributed by atoms with Crippen molar-refractivity contribution in [2.24, 2.45) is 0 Å². The van der Waals surface area contributed by atoms with Crippen molar-refractivity contribution in [3.05, 3.63) is 106 Å². The van der Waals surface area contributed by atoms with Gasteiger partial charge in [-0.15, -0.1) is 0 Å². The van der Waals surface area contributed by atoms with E-state index < -0.39 is 0 Å². The fourth-order valence-corrected chi connectivity index (χ4v) is 4.43.